The van der Waals surface area contributed by atoms with Gasteiger partial charge in [0.15, 0.2) is 0 Å². The van der Waals surface area contributed by atoms with Crippen molar-refractivity contribution < 1.29 is 0 Å². The highest BCUT2D eigenvalue weighted by atomic mass is 35.5. The molecule has 0 amide bonds. The summed E-state index contributed by atoms with van der Waals surface area (Å²) in [7, 11) is 0. The quantitative estimate of drug-likeness (QED) is 0.772. The van der Waals surface area contributed by atoms with Gasteiger partial charge >= 0.3 is 0 Å². The summed E-state index contributed by atoms with van der Waals surface area (Å²) in [4.78, 5) is 0. The maximum atomic E-state index is 6.47. The van der Waals surface area contributed by atoms with Gasteiger partial charge in [0, 0.05) is 23.2 Å². The number of hydrogen-bond acceptors (Lipinski definition) is 1. The van der Waals surface area contributed by atoms with Gasteiger partial charge in [-0.1, -0.05) is 61.3 Å². The minimum atomic E-state index is 0.731. The van der Waals surface area contributed by atoms with E-state index in [0.717, 1.165) is 29.6 Å². The molecule has 1 aliphatic carbocycles. The van der Waals surface area contributed by atoms with Gasteiger partial charge in [-0.2, -0.15) is 0 Å². The van der Waals surface area contributed by atoms with Crippen molar-refractivity contribution in [3.05, 3.63) is 58.6 Å². The molecule has 0 unspecified atom stereocenters. The van der Waals surface area contributed by atoms with Crippen molar-refractivity contribution in [2.45, 2.75) is 45.2 Å². The molecule has 1 nitrogen and oxygen atoms in total. The lowest BCUT2D eigenvalue weighted by Gasteiger charge is -2.09. The normalized spacial score (nSPS) is 14.4. The second-order valence-corrected chi connectivity index (χ2v) is 6.32. The van der Waals surface area contributed by atoms with Gasteiger partial charge in [0.05, 0.1) is 0 Å². The molecule has 2 heteroatoms. The van der Waals surface area contributed by atoms with Crippen LogP contribution >= 0.6 is 11.6 Å². The molecule has 0 aromatic heterocycles. The molecule has 1 fully saturated rings. The lowest BCUT2D eigenvalue weighted by atomic mass is 10.0. The zero-order chi connectivity index (χ0) is 14.7. The summed E-state index contributed by atoms with van der Waals surface area (Å²) in [5, 5.41) is 4.36. The van der Waals surface area contributed by atoms with Gasteiger partial charge < -0.3 is 5.32 Å². The molecule has 0 atom stereocenters. The first-order chi connectivity index (χ1) is 10.3. The van der Waals surface area contributed by atoms with Crippen LogP contribution in [0.2, 0.25) is 5.02 Å². The molecule has 110 valence electrons. The van der Waals surface area contributed by atoms with Crippen molar-refractivity contribution in [1.82, 2.24) is 5.32 Å². The predicted molar refractivity (Wildman–Crippen MR) is 90.7 cm³/mol. The van der Waals surface area contributed by atoms with E-state index in [-0.39, 0.29) is 0 Å². The Morgan fingerprint density at radius 1 is 1.05 bits per heavy atom. The molecule has 0 radical (unpaired) electrons. The Bertz CT molecular complexity index is 599. The lowest BCUT2D eigenvalue weighted by Crippen LogP contribution is -2.15. The zero-order valence-corrected chi connectivity index (χ0v) is 13.3. The molecule has 0 saturated heterocycles. The maximum absolute atomic E-state index is 6.47. The molecule has 2 aromatic carbocycles. The van der Waals surface area contributed by atoms with Crippen LogP contribution in [0.1, 0.15) is 37.3 Å². The molecule has 1 saturated carbocycles. The van der Waals surface area contributed by atoms with Crippen LogP contribution in [0.3, 0.4) is 0 Å². The van der Waals surface area contributed by atoms with E-state index in [0.29, 0.717) is 0 Å². The first-order valence-corrected chi connectivity index (χ1v) is 8.25. The van der Waals surface area contributed by atoms with E-state index >= 15 is 0 Å². The van der Waals surface area contributed by atoms with Crippen LogP contribution < -0.4 is 5.32 Å². The third-order valence-electron chi connectivity index (χ3n) is 4.01. The molecule has 2 aromatic rings. The number of hydrogen-bond donors (Lipinski definition) is 1. The molecule has 1 aliphatic rings. The summed E-state index contributed by atoms with van der Waals surface area (Å²) >= 11 is 6.47. The van der Waals surface area contributed by atoms with E-state index in [4.69, 9.17) is 11.6 Å². The van der Waals surface area contributed by atoms with Gasteiger partial charge in [-0.3, -0.25) is 0 Å². The first-order valence-electron chi connectivity index (χ1n) is 7.87. The average Bonchev–Trinajstić information content (AvgIpc) is 3.31. The van der Waals surface area contributed by atoms with Crippen molar-refractivity contribution in [3.8, 4) is 11.1 Å². The number of halogens is 1. The van der Waals surface area contributed by atoms with Crippen LogP contribution in [0.4, 0.5) is 0 Å². The minimum absolute atomic E-state index is 0.731. The van der Waals surface area contributed by atoms with Gasteiger partial charge in [0.2, 0.25) is 0 Å². The number of nitrogens with one attached hydrogen (secondary N) is 1. The third-order valence-corrected chi connectivity index (χ3v) is 4.32. The van der Waals surface area contributed by atoms with Crippen molar-refractivity contribution >= 4 is 11.6 Å². The summed E-state index contributed by atoms with van der Waals surface area (Å²) in [5.74, 6) is 0. The topological polar surface area (TPSA) is 12.0 Å². The predicted octanol–water partition coefficient (Wildman–Crippen LogP) is 5.21. The Morgan fingerprint density at radius 2 is 1.76 bits per heavy atom. The van der Waals surface area contributed by atoms with E-state index in [9.17, 15) is 0 Å². The van der Waals surface area contributed by atoms with Crippen LogP contribution in [-0.2, 0) is 13.0 Å². The average molecular weight is 300 g/mol. The van der Waals surface area contributed by atoms with Crippen molar-refractivity contribution in [2.24, 2.45) is 0 Å². The summed E-state index contributed by atoms with van der Waals surface area (Å²) in [5.41, 5.74) is 4.97. The molecule has 0 aliphatic heterocycles. The lowest BCUT2D eigenvalue weighted by molar-refractivity contribution is 0.688. The minimum Gasteiger partial charge on any atom is -0.310 e. The molecule has 0 heterocycles. The molecule has 3 rings (SSSR count). The van der Waals surface area contributed by atoms with Gasteiger partial charge in [0.1, 0.15) is 0 Å². The molecular weight excluding hydrogens is 278 g/mol. The van der Waals surface area contributed by atoms with E-state index < -0.39 is 0 Å². The Hall–Kier alpha value is -1.31. The fourth-order valence-corrected chi connectivity index (χ4v) is 2.90. The van der Waals surface area contributed by atoms with Crippen molar-refractivity contribution in [2.75, 3.05) is 0 Å². The highest BCUT2D eigenvalue weighted by Gasteiger charge is 2.20. The standard InChI is InChI=1S/C19H22ClN/c1-2-3-14-4-7-16(8-5-14)18-11-6-15(12-19(18)20)13-21-17-9-10-17/h4-8,11-12,17,21H,2-3,9-10,13H2,1H3. The van der Waals surface area contributed by atoms with E-state index in [1.54, 1.807) is 0 Å². The number of rotatable bonds is 6. The highest BCUT2D eigenvalue weighted by molar-refractivity contribution is 6.33. The molecule has 0 spiro atoms. The third kappa shape index (κ3) is 3.87. The highest BCUT2D eigenvalue weighted by Crippen LogP contribution is 2.29. The Labute approximate surface area is 132 Å². The zero-order valence-electron chi connectivity index (χ0n) is 12.5. The fraction of sp³-hybridized carbons (Fsp3) is 0.368. The molecular formula is C19H22ClN. The Kier molecular flexibility index (Phi) is 4.62. The Morgan fingerprint density at radius 3 is 2.38 bits per heavy atom. The number of aryl methyl sites for hydroxylation is 1. The van der Waals surface area contributed by atoms with E-state index in [2.05, 4.69) is 54.7 Å². The van der Waals surface area contributed by atoms with Gasteiger partial charge in [-0.15, -0.1) is 0 Å². The van der Waals surface area contributed by atoms with E-state index in [1.807, 2.05) is 0 Å². The summed E-state index contributed by atoms with van der Waals surface area (Å²) in [6.07, 6.45) is 4.95. The van der Waals surface area contributed by atoms with Crippen molar-refractivity contribution in [1.29, 1.82) is 0 Å². The molecule has 21 heavy (non-hydrogen) atoms. The largest absolute Gasteiger partial charge is 0.310 e. The first kappa shape index (κ1) is 14.6. The van der Waals surface area contributed by atoms with Crippen LogP contribution in [0.5, 0.6) is 0 Å². The summed E-state index contributed by atoms with van der Waals surface area (Å²) in [6, 6.07) is 15.9. The summed E-state index contributed by atoms with van der Waals surface area (Å²) < 4.78 is 0. The second kappa shape index (κ2) is 6.64. The fourth-order valence-electron chi connectivity index (χ4n) is 2.59. The molecule has 0 bridgehead atoms. The monoisotopic (exact) mass is 299 g/mol. The van der Waals surface area contributed by atoms with Crippen LogP contribution in [0, 0.1) is 0 Å². The van der Waals surface area contributed by atoms with Crippen LogP contribution in [-0.4, -0.2) is 6.04 Å². The smallest absolute Gasteiger partial charge is 0.0487 e. The Balaban J connectivity index is 1.74. The van der Waals surface area contributed by atoms with Gasteiger partial charge in [0.25, 0.3) is 0 Å². The van der Waals surface area contributed by atoms with Gasteiger partial charge in [-0.25, -0.2) is 0 Å². The van der Waals surface area contributed by atoms with E-state index in [1.165, 1.54) is 36.0 Å². The van der Waals surface area contributed by atoms with Crippen LogP contribution in [0.25, 0.3) is 11.1 Å². The second-order valence-electron chi connectivity index (χ2n) is 5.92. The SMILES string of the molecule is CCCc1ccc(-c2ccc(CNC3CC3)cc2Cl)cc1. The van der Waals surface area contributed by atoms with Gasteiger partial charge in [-0.05, 0) is 42.0 Å². The van der Waals surface area contributed by atoms with Crippen LogP contribution in [0.15, 0.2) is 42.5 Å². The summed E-state index contributed by atoms with van der Waals surface area (Å²) in [6.45, 7) is 3.12. The maximum Gasteiger partial charge on any atom is 0.0487 e. The van der Waals surface area contributed by atoms with Crippen molar-refractivity contribution in [3.63, 3.8) is 0 Å². The number of benzene rings is 2. The molecule has 1 N–H and O–H groups in total.